The lowest BCUT2D eigenvalue weighted by molar-refractivity contribution is -0.402. The van der Waals surface area contributed by atoms with Crippen molar-refractivity contribution >= 4 is 5.88 Å². The minimum absolute atomic E-state index is 0.158. The molecule has 5 nitrogen and oxygen atoms in total. The highest BCUT2D eigenvalue weighted by Gasteiger charge is 2.13. The Balaban J connectivity index is 1.98. The van der Waals surface area contributed by atoms with Crippen LogP contribution in [0.25, 0.3) is 0 Å². The van der Waals surface area contributed by atoms with Crippen LogP contribution in [0.2, 0.25) is 0 Å². The van der Waals surface area contributed by atoms with Gasteiger partial charge in [0.1, 0.15) is 10.7 Å². The molecule has 0 bridgehead atoms. The van der Waals surface area contributed by atoms with Crippen molar-refractivity contribution < 1.29 is 9.34 Å². The molecule has 1 atom stereocenters. The van der Waals surface area contributed by atoms with Crippen LogP contribution in [0.1, 0.15) is 29.9 Å². The van der Waals surface area contributed by atoms with Gasteiger partial charge in [-0.15, -0.1) is 0 Å². The fraction of sp³-hybridized carbons (Fsp3) is 0.286. The molecule has 0 unspecified atom stereocenters. The Morgan fingerprint density at radius 3 is 2.68 bits per heavy atom. The van der Waals surface area contributed by atoms with E-state index < -0.39 is 4.92 Å². The van der Waals surface area contributed by atoms with Gasteiger partial charge in [0.25, 0.3) is 0 Å². The van der Waals surface area contributed by atoms with Crippen molar-refractivity contribution in [2.45, 2.75) is 26.4 Å². The van der Waals surface area contributed by atoms with E-state index in [1.165, 1.54) is 17.2 Å². The van der Waals surface area contributed by atoms with Crippen LogP contribution in [-0.4, -0.2) is 4.92 Å². The van der Waals surface area contributed by atoms with E-state index in [0.29, 0.717) is 12.3 Å². The second-order valence-electron chi connectivity index (χ2n) is 4.46. The minimum Gasteiger partial charge on any atom is -0.404 e. The zero-order valence-electron chi connectivity index (χ0n) is 10.9. The Hall–Kier alpha value is -2.14. The molecule has 5 heteroatoms. The number of hydrogen-bond acceptors (Lipinski definition) is 4. The number of rotatable bonds is 5. The summed E-state index contributed by atoms with van der Waals surface area (Å²) in [5, 5.41) is 13.8. The van der Waals surface area contributed by atoms with Crippen LogP contribution in [0, 0.1) is 17.0 Å². The van der Waals surface area contributed by atoms with Gasteiger partial charge >= 0.3 is 5.88 Å². The first-order valence-electron chi connectivity index (χ1n) is 6.10. The van der Waals surface area contributed by atoms with Crippen molar-refractivity contribution in [2.75, 3.05) is 0 Å². The van der Waals surface area contributed by atoms with Gasteiger partial charge in [-0.3, -0.25) is 10.1 Å². The third-order valence-corrected chi connectivity index (χ3v) is 3.06. The molecule has 0 amide bonds. The number of benzene rings is 1. The summed E-state index contributed by atoms with van der Waals surface area (Å²) < 4.78 is 5.10. The molecule has 1 N–H and O–H groups in total. The average molecular weight is 260 g/mol. The molecule has 0 aliphatic heterocycles. The van der Waals surface area contributed by atoms with Crippen molar-refractivity contribution in [3.63, 3.8) is 0 Å². The predicted octanol–water partition coefficient (Wildman–Crippen LogP) is 3.35. The molecule has 2 rings (SSSR count). The lowest BCUT2D eigenvalue weighted by Crippen LogP contribution is -2.18. The summed E-state index contributed by atoms with van der Waals surface area (Å²) in [5.74, 6) is 0.340. The molecule has 2 aromatic rings. The molecule has 1 heterocycles. The lowest BCUT2D eigenvalue weighted by Gasteiger charge is -2.15. The van der Waals surface area contributed by atoms with Gasteiger partial charge in [0.05, 0.1) is 12.6 Å². The number of aryl methyl sites for hydroxylation is 1. The average Bonchev–Trinajstić information content (AvgIpc) is 2.85. The summed E-state index contributed by atoms with van der Waals surface area (Å²) in [7, 11) is 0. The summed E-state index contributed by atoms with van der Waals surface area (Å²) in [5.41, 5.74) is 2.43. The summed E-state index contributed by atoms with van der Waals surface area (Å²) in [6, 6.07) is 11.3. The van der Waals surface area contributed by atoms with E-state index in [4.69, 9.17) is 4.42 Å². The molecule has 0 saturated heterocycles. The van der Waals surface area contributed by atoms with Crippen molar-refractivity contribution in [2.24, 2.45) is 0 Å². The van der Waals surface area contributed by atoms with Crippen LogP contribution in [0.5, 0.6) is 0 Å². The molecule has 0 fully saturated rings. The van der Waals surface area contributed by atoms with Gasteiger partial charge in [0, 0.05) is 6.04 Å². The number of nitro groups is 1. The molecule has 0 radical (unpaired) electrons. The van der Waals surface area contributed by atoms with Gasteiger partial charge in [-0.05, 0) is 31.0 Å². The second-order valence-corrected chi connectivity index (χ2v) is 4.46. The zero-order chi connectivity index (χ0) is 13.8. The van der Waals surface area contributed by atoms with Gasteiger partial charge in [-0.2, -0.15) is 0 Å². The Kier molecular flexibility index (Phi) is 3.97. The third-order valence-electron chi connectivity index (χ3n) is 3.06. The van der Waals surface area contributed by atoms with Crippen LogP contribution in [0.15, 0.2) is 40.8 Å². The third kappa shape index (κ3) is 3.20. The minimum atomic E-state index is -0.533. The van der Waals surface area contributed by atoms with Crippen molar-refractivity contribution in [3.8, 4) is 0 Å². The Bertz CT molecular complexity index is 578. The maximum absolute atomic E-state index is 10.5. The van der Waals surface area contributed by atoms with Crippen LogP contribution >= 0.6 is 0 Å². The zero-order valence-corrected chi connectivity index (χ0v) is 10.9. The van der Waals surface area contributed by atoms with Crippen molar-refractivity contribution in [1.29, 1.82) is 0 Å². The molecule has 19 heavy (non-hydrogen) atoms. The summed E-state index contributed by atoms with van der Waals surface area (Å²) in [4.78, 5) is 9.98. The highest BCUT2D eigenvalue weighted by atomic mass is 16.6. The fourth-order valence-corrected chi connectivity index (χ4v) is 2.00. The Morgan fingerprint density at radius 1 is 1.32 bits per heavy atom. The van der Waals surface area contributed by atoms with Gasteiger partial charge in [-0.25, -0.2) is 0 Å². The van der Waals surface area contributed by atoms with Gasteiger partial charge in [0.15, 0.2) is 0 Å². The summed E-state index contributed by atoms with van der Waals surface area (Å²) in [6.45, 7) is 4.58. The van der Waals surface area contributed by atoms with Gasteiger partial charge < -0.3 is 9.73 Å². The molecule has 0 aliphatic rings. The standard InChI is InChI=1S/C14H16N2O3/c1-10-5-3-4-6-13(10)11(2)15-9-12-7-8-14(19-12)16(17)18/h3-8,11,15H,9H2,1-2H3/t11-/m1/s1. The smallest absolute Gasteiger partial charge is 0.404 e. The topological polar surface area (TPSA) is 68.3 Å². The van der Waals surface area contributed by atoms with Crippen molar-refractivity contribution in [1.82, 2.24) is 5.32 Å². The highest BCUT2D eigenvalue weighted by molar-refractivity contribution is 5.28. The van der Waals surface area contributed by atoms with Gasteiger partial charge in [-0.1, -0.05) is 24.3 Å². The second kappa shape index (κ2) is 5.67. The molecule has 0 saturated carbocycles. The normalized spacial score (nSPS) is 12.3. The summed E-state index contributed by atoms with van der Waals surface area (Å²) >= 11 is 0. The predicted molar refractivity (Wildman–Crippen MR) is 71.8 cm³/mol. The fourth-order valence-electron chi connectivity index (χ4n) is 2.00. The lowest BCUT2D eigenvalue weighted by atomic mass is 10.0. The van der Waals surface area contributed by atoms with Crippen LogP contribution in [-0.2, 0) is 6.54 Å². The Morgan fingerprint density at radius 2 is 2.05 bits per heavy atom. The van der Waals surface area contributed by atoms with Crippen LogP contribution in [0.3, 0.4) is 0 Å². The number of furan rings is 1. The number of nitrogens with zero attached hydrogens (tertiary/aromatic N) is 1. The van der Waals surface area contributed by atoms with Crippen LogP contribution < -0.4 is 5.32 Å². The monoisotopic (exact) mass is 260 g/mol. The first-order chi connectivity index (χ1) is 9.08. The van der Waals surface area contributed by atoms with E-state index >= 15 is 0 Å². The molecule has 1 aromatic carbocycles. The molecule has 100 valence electrons. The maximum Gasteiger partial charge on any atom is 0.433 e. The number of nitrogens with one attached hydrogen (secondary N) is 1. The molecule has 0 aliphatic carbocycles. The number of hydrogen-bond donors (Lipinski definition) is 1. The SMILES string of the molecule is Cc1ccccc1[C@@H](C)NCc1ccc([N+](=O)[O-])o1. The van der Waals surface area contributed by atoms with E-state index in [1.54, 1.807) is 6.07 Å². The first kappa shape index (κ1) is 13.3. The quantitative estimate of drug-likeness (QED) is 0.661. The first-order valence-corrected chi connectivity index (χ1v) is 6.10. The Labute approximate surface area is 111 Å². The van der Waals surface area contributed by atoms with Gasteiger partial charge in [0.2, 0.25) is 0 Å². The summed E-state index contributed by atoms with van der Waals surface area (Å²) in [6.07, 6.45) is 0. The van der Waals surface area contributed by atoms with E-state index in [1.807, 2.05) is 12.1 Å². The molecular weight excluding hydrogens is 244 g/mol. The molecular formula is C14H16N2O3. The largest absolute Gasteiger partial charge is 0.433 e. The maximum atomic E-state index is 10.5. The van der Waals surface area contributed by atoms with E-state index in [2.05, 4.69) is 31.3 Å². The van der Waals surface area contributed by atoms with Crippen LogP contribution in [0.4, 0.5) is 5.88 Å². The van der Waals surface area contributed by atoms with E-state index in [0.717, 1.165) is 0 Å². The highest BCUT2D eigenvalue weighted by Crippen LogP contribution is 2.19. The molecule has 1 aromatic heterocycles. The van der Waals surface area contributed by atoms with Crippen molar-refractivity contribution in [3.05, 3.63) is 63.4 Å². The van der Waals surface area contributed by atoms with E-state index in [9.17, 15) is 10.1 Å². The molecule has 0 spiro atoms. The van der Waals surface area contributed by atoms with E-state index in [-0.39, 0.29) is 11.9 Å².